The van der Waals surface area contributed by atoms with Gasteiger partial charge >= 0.3 is 10.4 Å². The van der Waals surface area contributed by atoms with Crippen molar-refractivity contribution in [2.75, 3.05) is 13.2 Å². The second-order valence-electron chi connectivity index (χ2n) is 18.8. The van der Waals surface area contributed by atoms with E-state index >= 15 is 0 Å². The first-order valence-electron chi connectivity index (χ1n) is 26.6. The van der Waals surface area contributed by atoms with Crippen molar-refractivity contribution < 1.29 is 51.8 Å². The van der Waals surface area contributed by atoms with E-state index in [2.05, 4.69) is 23.3 Å². The number of allylic oxidation sites excluding steroid dienone is 1. The first-order valence-corrected chi connectivity index (χ1v) is 27.9. The molecule has 13 heteroatoms. The van der Waals surface area contributed by atoms with Crippen LogP contribution in [-0.4, -0.2) is 95.4 Å². The third-order valence-corrected chi connectivity index (χ3v) is 13.3. The maximum Gasteiger partial charge on any atom is 0.397 e. The fraction of sp³-hybridized carbons (Fsp3) is 0.941. The molecule has 64 heavy (non-hydrogen) atoms. The summed E-state index contributed by atoms with van der Waals surface area (Å²) in [6.07, 6.45) is 39.6. The lowest BCUT2D eigenvalue weighted by atomic mass is 9.99. The van der Waals surface area contributed by atoms with Crippen LogP contribution in [-0.2, 0) is 28.9 Å². The van der Waals surface area contributed by atoms with Crippen molar-refractivity contribution in [3.8, 4) is 0 Å². The van der Waals surface area contributed by atoms with Gasteiger partial charge in [0.15, 0.2) is 6.29 Å². The highest BCUT2D eigenvalue weighted by atomic mass is 32.3. The molecule has 1 aliphatic heterocycles. The molecule has 0 spiro atoms. The fourth-order valence-corrected chi connectivity index (χ4v) is 9.20. The number of aliphatic hydroxyl groups is 4. The van der Waals surface area contributed by atoms with Crippen molar-refractivity contribution in [2.24, 2.45) is 0 Å². The van der Waals surface area contributed by atoms with Crippen LogP contribution in [0.5, 0.6) is 0 Å². The van der Waals surface area contributed by atoms with Crippen LogP contribution in [0.25, 0.3) is 0 Å². The van der Waals surface area contributed by atoms with Crippen LogP contribution < -0.4 is 5.32 Å². The molecule has 1 aliphatic rings. The highest BCUT2D eigenvalue weighted by Gasteiger charge is 2.48. The highest BCUT2D eigenvalue weighted by Crippen LogP contribution is 2.26. The Kier molecular flexibility index (Phi) is 39.9. The Morgan fingerprint density at radius 1 is 0.609 bits per heavy atom. The monoisotopic (exact) mass is 934 g/mol. The standard InChI is InChI=1S/C51H99NO11S/c1-3-5-7-9-11-13-15-17-19-21-22-23-25-27-29-31-33-35-37-39-41-47(55)52-44(43-61-51-49(57)50(63-64(58,59)60)48(56)46(42-53)62-51)45(54)40-38-36-34-32-30-28-26-24-20-18-16-14-12-10-8-6-4-2/h38,40,44-46,48-51,53-54,56-57H,3-37,39,41-43H2,1-2H3,(H,52,55)(H,58,59,60)/b40-38+. The van der Waals surface area contributed by atoms with Gasteiger partial charge in [0.2, 0.25) is 5.91 Å². The Morgan fingerprint density at radius 2 is 0.984 bits per heavy atom. The number of unbranched alkanes of at least 4 members (excludes halogenated alkanes) is 34. The lowest BCUT2D eigenvalue weighted by molar-refractivity contribution is -0.298. The third kappa shape index (κ3) is 34.2. The van der Waals surface area contributed by atoms with Gasteiger partial charge in [0.05, 0.1) is 25.4 Å². The molecule has 0 aromatic carbocycles. The Bertz CT molecular complexity index is 1190. The summed E-state index contributed by atoms with van der Waals surface area (Å²) in [5, 5.41) is 44.9. The van der Waals surface area contributed by atoms with Gasteiger partial charge in [0.25, 0.3) is 0 Å². The number of carbonyl (C=O) groups excluding carboxylic acids is 1. The van der Waals surface area contributed by atoms with Gasteiger partial charge in [0.1, 0.15) is 24.4 Å². The molecule has 1 amide bonds. The van der Waals surface area contributed by atoms with Crippen LogP contribution in [0.15, 0.2) is 12.2 Å². The number of hydrogen-bond donors (Lipinski definition) is 6. The molecule has 380 valence electrons. The van der Waals surface area contributed by atoms with E-state index in [9.17, 15) is 38.2 Å². The summed E-state index contributed by atoms with van der Waals surface area (Å²) < 4.78 is 47.7. The zero-order valence-electron chi connectivity index (χ0n) is 40.9. The molecule has 1 saturated heterocycles. The van der Waals surface area contributed by atoms with E-state index in [0.717, 1.165) is 38.5 Å². The number of hydrogen-bond acceptors (Lipinski definition) is 10. The minimum Gasteiger partial charge on any atom is -0.394 e. The van der Waals surface area contributed by atoms with E-state index in [1.807, 2.05) is 6.08 Å². The van der Waals surface area contributed by atoms with E-state index in [1.54, 1.807) is 6.08 Å². The summed E-state index contributed by atoms with van der Waals surface area (Å²) in [6.45, 7) is 3.42. The number of amides is 1. The zero-order valence-corrected chi connectivity index (χ0v) is 41.7. The Morgan fingerprint density at radius 3 is 1.36 bits per heavy atom. The SMILES string of the molecule is CCCCCCCCCCCCCCCCC/C=C/C(O)C(COC1OC(CO)C(O)C(OS(=O)(=O)O)C1O)NC(=O)CCCCCCCCCCCCCCCCCCCCCC. The van der Waals surface area contributed by atoms with Gasteiger partial charge in [-0.15, -0.1) is 0 Å². The van der Waals surface area contributed by atoms with Gasteiger partial charge in [-0.3, -0.25) is 9.35 Å². The van der Waals surface area contributed by atoms with E-state index in [-0.39, 0.29) is 18.9 Å². The van der Waals surface area contributed by atoms with Crippen molar-refractivity contribution in [3.05, 3.63) is 12.2 Å². The fourth-order valence-electron chi connectivity index (χ4n) is 8.69. The normalized spacial score (nSPS) is 20.3. The zero-order chi connectivity index (χ0) is 46.9. The average molecular weight is 934 g/mol. The van der Waals surface area contributed by atoms with Gasteiger partial charge in [-0.05, 0) is 19.3 Å². The molecule has 1 fully saturated rings. The summed E-state index contributed by atoms with van der Waals surface area (Å²) in [7, 11) is -5.08. The number of rotatable bonds is 46. The third-order valence-electron chi connectivity index (χ3n) is 12.8. The lowest BCUT2D eigenvalue weighted by Crippen LogP contribution is -2.61. The Labute approximate surface area is 391 Å². The molecule has 12 nitrogen and oxygen atoms in total. The van der Waals surface area contributed by atoms with Crippen LogP contribution in [0.4, 0.5) is 0 Å². The molecule has 7 unspecified atom stereocenters. The summed E-state index contributed by atoms with van der Waals surface area (Å²) in [5.41, 5.74) is 0. The van der Waals surface area contributed by atoms with Crippen molar-refractivity contribution >= 4 is 16.3 Å². The van der Waals surface area contributed by atoms with Crippen LogP contribution >= 0.6 is 0 Å². The van der Waals surface area contributed by atoms with Crippen molar-refractivity contribution in [3.63, 3.8) is 0 Å². The molecule has 6 N–H and O–H groups in total. The summed E-state index contributed by atoms with van der Waals surface area (Å²) in [4.78, 5) is 13.1. The quantitative estimate of drug-likeness (QED) is 0.0193. The topological polar surface area (TPSA) is 192 Å². The van der Waals surface area contributed by atoms with Crippen molar-refractivity contribution in [2.45, 2.75) is 294 Å². The van der Waals surface area contributed by atoms with Gasteiger partial charge < -0.3 is 35.2 Å². The molecule has 7 atom stereocenters. The smallest absolute Gasteiger partial charge is 0.394 e. The number of aliphatic hydroxyl groups excluding tert-OH is 4. The summed E-state index contributed by atoms with van der Waals surface area (Å²) >= 11 is 0. The lowest BCUT2D eigenvalue weighted by Gasteiger charge is -2.41. The largest absolute Gasteiger partial charge is 0.397 e. The molecule has 0 aliphatic carbocycles. The van der Waals surface area contributed by atoms with Crippen LogP contribution in [0.2, 0.25) is 0 Å². The molecular weight excluding hydrogens is 835 g/mol. The Hall–Kier alpha value is -1.16. The minimum absolute atomic E-state index is 0.257. The molecule has 0 bridgehead atoms. The van der Waals surface area contributed by atoms with Crippen LogP contribution in [0.1, 0.15) is 251 Å². The van der Waals surface area contributed by atoms with Crippen LogP contribution in [0, 0.1) is 0 Å². The second-order valence-corrected chi connectivity index (χ2v) is 19.9. The first-order chi connectivity index (χ1) is 31.0. The van der Waals surface area contributed by atoms with E-state index in [1.165, 1.54) is 186 Å². The van der Waals surface area contributed by atoms with E-state index in [0.29, 0.717) is 6.42 Å². The molecule has 0 aromatic heterocycles. The highest BCUT2D eigenvalue weighted by molar-refractivity contribution is 7.80. The van der Waals surface area contributed by atoms with Gasteiger partial charge in [-0.1, -0.05) is 238 Å². The predicted octanol–water partition coefficient (Wildman–Crippen LogP) is 11.5. The predicted molar refractivity (Wildman–Crippen MR) is 259 cm³/mol. The van der Waals surface area contributed by atoms with Gasteiger partial charge in [-0.2, -0.15) is 8.42 Å². The molecule has 1 heterocycles. The van der Waals surface area contributed by atoms with Gasteiger partial charge in [0, 0.05) is 6.42 Å². The molecule has 0 saturated carbocycles. The second kappa shape index (κ2) is 42.0. The number of nitrogens with one attached hydrogen (secondary N) is 1. The summed E-state index contributed by atoms with van der Waals surface area (Å²) in [6, 6.07) is -0.939. The van der Waals surface area contributed by atoms with Crippen molar-refractivity contribution in [1.29, 1.82) is 0 Å². The Balaban J connectivity index is 2.42. The summed E-state index contributed by atoms with van der Waals surface area (Å²) in [5.74, 6) is -0.257. The minimum atomic E-state index is -5.08. The molecule has 1 rings (SSSR count). The maximum absolute atomic E-state index is 13.1. The molecular formula is C51H99NO11S. The molecule has 0 radical (unpaired) electrons. The van der Waals surface area contributed by atoms with Crippen molar-refractivity contribution in [1.82, 2.24) is 5.32 Å². The van der Waals surface area contributed by atoms with Crippen LogP contribution in [0.3, 0.4) is 0 Å². The number of carbonyl (C=O) groups is 1. The average Bonchev–Trinajstić information content (AvgIpc) is 3.27. The van der Waals surface area contributed by atoms with Gasteiger partial charge in [-0.25, -0.2) is 4.18 Å². The van der Waals surface area contributed by atoms with E-state index in [4.69, 9.17) is 9.47 Å². The molecule has 0 aromatic rings. The maximum atomic E-state index is 13.1. The first kappa shape index (κ1) is 60.9. The number of ether oxygens (including phenoxy) is 2. The van der Waals surface area contributed by atoms with E-state index < -0.39 is 59.9 Å².